The summed E-state index contributed by atoms with van der Waals surface area (Å²) >= 11 is 0. The number of aromatic amines is 1. The molecule has 1 aromatic heterocycles. The number of imide groups is 1. The average Bonchev–Trinajstić information content (AvgIpc) is 3.84. The number of rotatable bonds is 7. The molecule has 9 rings (SSSR count). The molecule has 0 bridgehead atoms. The lowest BCUT2D eigenvalue weighted by atomic mass is 9.87. The Labute approximate surface area is 320 Å². The summed E-state index contributed by atoms with van der Waals surface area (Å²) < 4.78 is 60.2. The van der Waals surface area contributed by atoms with Gasteiger partial charge >= 0.3 is 0 Å². The maximum Gasteiger partial charge on any atom is 0.255 e. The highest BCUT2D eigenvalue weighted by molar-refractivity contribution is 6.05. The van der Waals surface area contributed by atoms with Gasteiger partial charge in [0.1, 0.15) is 17.7 Å². The van der Waals surface area contributed by atoms with E-state index >= 15 is 8.78 Å². The number of alkyl halides is 2. The van der Waals surface area contributed by atoms with Crippen LogP contribution in [0.25, 0.3) is 10.9 Å². The van der Waals surface area contributed by atoms with Crippen LogP contribution in [0.15, 0.2) is 48.5 Å². The van der Waals surface area contributed by atoms with Gasteiger partial charge < -0.3 is 19.7 Å². The normalized spacial score (nSPS) is 22.9. The summed E-state index contributed by atoms with van der Waals surface area (Å²) in [7, 11) is 0. The number of carbonyl (C=O) groups is 4. The van der Waals surface area contributed by atoms with E-state index in [1.807, 2.05) is 48.2 Å². The van der Waals surface area contributed by atoms with Crippen molar-refractivity contribution in [2.24, 2.45) is 5.92 Å². The van der Waals surface area contributed by atoms with Crippen molar-refractivity contribution in [3.8, 4) is 0 Å². The Kier molecular flexibility index (Phi) is 9.13. The van der Waals surface area contributed by atoms with Crippen LogP contribution in [-0.4, -0.2) is 81.5 Å². The SMILES string of the molecule is C[C@@H]1Cc2c([nH]c3ccccc23)[C@@H](c2c(F)cc(N3CCC(CC(=O)N4Cc5cc6c(cc5C4)C(=O)N(C4CCC(=O)NC4=O)C6)CC3)cc2F)N1CC(F)F. The molecule has 3 aromatic carbocycles. The van der Waals surface area contributed by atoms with Crippen molar-refractivity contribution in [1.82, 2.24) is 25.0 Å². The number of para-hydroxylation sites is 1. The Morgan fingerprint density at radius 2 is 1.62 bits per heavy atom. The lowest BCUT2D eigenvalue weighted by Gasteiger charge is -2.41. The monoisotopic (exact) mass is 770 g/mol. The third kappa shape index (κ3) is 6.31. The van der Waals surface area contributed by atoms with E-state index in [1.54, 1.807) is 4.90 Å². The minimum Gasteiger partial charge on any atom is -0.371 e. The van der Waals surface area contributed by atoms with Crippen LogP contribution in [0.5, 0.6) is 0 Å². The molecule has 6 heterocycles. The van der Waals surface area contributed by atoms with E-state index in [0.717, 1.165) is 33.2 Å². The number of nitrogens with one attached hydrogen (secondary N) is 2. The van der Waals surface area contributed by atoms with Crippen LogP contribution in [0.1, 0.15) is 88.9 Å². The van der Waals surface area contributed by atoms with E-state index in [4.69, 9.17) is 0 Å². The molecule has 5 aliphatic heterocycles. The van der Waals surface area contributed by atoms with Gasteiger partial charge in [-0.2, -0.15) is 0 Å². The van der Waals surface area contributed by atoms with E-state index < -0.39 is 42.6 Å². The van der Waals surface area contributed by atoms with Gasteiger partial charge in [0.05, 0.1) is 12.6 Å². The van der Waals surface area contributed by atoms with E-state index in [-0.39, 0.29) is 48.2 Å². The number of hydrogen-bond donors (Lipinski definition) is 2. The smallest absolute Gasteiger partial charge is 0.255 e. The lowest BCUT2D eigenvalue weighted by molar-refractivity contribution is -0.137. The number of piperidine rings is 2. The molecule has 0 saturated carbocycles. The summed E-state index contributed by atoms with van der Waals surface area (Å²) in [4.78, 5) is 60.9. The largest absolute Gasteiger partial charge is 0.371 e. The highest BCUT2D eigenvalue weighted by Gasteiger charge is 2.42. The van der Waals surface area contributed by atoms with Crippen LogP contribution in [0.4, 0.5) is 23.2 Å². The standard InChI is InChI=1S/C42H42F4N6O4/c1-22-12-30-28-4-2-3-5-33(28)47-39(30)40(51(22)21-35(45)46)38-31(43)16-27(17-32(38)44)49-10-8-23(9-11-49)13-37(54)50-18-24-14-26-20-52(34-6-7-36(53)48-41(34)55)42(56)29(26)15-25(24)19-50/h2-5,14-17,22-23,34-35,40,47H,6-13,18-21H2,1H3,(H,48,53,55)/t22-,34?,40-/m1/s1. The molecule has 5 aliphatic rings. The van der Waals surface area contributed by atoms with Gasteiger partial charge in [-0.15, -0.1) is 0 Å². The molecule has 0 aliphatic carbocycles. The topological polar surface area (TPSA) is 109 Å². The van der Waals surface area contributed by atoms with Crippen LogP contribution in [0, 0.1) is 17.6 Å². The van der Waals surface area contributed by atoms with Crippen LogP contribution in [0.3, 0.4) is 0 Å². The fourth-order valence-electron chi connectivity index (χ4n) is 9.70. The Balaban J connectivity index is 0.847. The van der Waals surface area contributed by atoms with Crippen LogP contribution < -0.4 is 10.2 Å². The number of nitrogens with zero attached hydrogens (tertiary/aromatic N) is 4. The van der Waals surface area contributed by atoms with Gasteiger partial charge in [0, 0.05) is 85.0 Å². The maximum absolute atomic E-state index is 16.2. The molecule has 2 N–H and O–H groups in total. The molecule has 4 aromatic rings. The van der Waals surface area contributed by atoms with Gasteiger partial charge in [0.2, 0.25) is 17.7 Å². The molecule has 0 spiro atoms. The first-order valence-corrected chi connectivity index (χ1v) is 19.4. The van der Waals surface area contributed by atoms with Crippen molar-refractivity contribution in [2.45, 2.75) is 89.6 Å². The first-order valence-electron chi connectivity index (χ1n) is 19.4. The van der Waals surface area contributed by atoms with Gasteiger partial charge in [0.25, 0.3) is 12.3 Å². The fourth-order valence-corrected chi connectivity index (χ4v) is 9.70. The summed E-state index contributed by atoms with van der Waals surface area (Å²) in [6.07, 6.45) is -0.0960. The quantitative estimate of drug-likeness (QED) is 0.178. The molecule has 4 amide bonds. The second-order valence-corrected chi connectivity index (χ2v) is 16.0. The maximum atomic E-state index is 16.2. The molecule has 2 saturated heterocycles. The predicted molar refractivity (Wildman–Crippen MR) is 199 cm³/mol. The fraction of sp³-hybridized carbons (Fsp3) is 0.429. The Bertz CT molecular complexity index is 2260. The molecule has 10 nitrogen and oxygen atoms in total. The van der Waals surface area contributed by atoms with E-state index in [9.17, 15) is 28.0 Å². The van der Waals surface area contributed by atoms with Gasteiger partial charge in [-0.1, -0.05) is 24.3 Å². The molecule has 14 heteroatoms. The van der Waals surface area contributed by atoms with Crippen LogP contribution in [-0.2, 0) is 40.4 Å². The summed E-state index contributed by atoms with van der Waals surface area (Å²) in [5, 5.41) is 3.24. The number of aromatic nitrogens is 1. The molecular weight excluding hydrogens is 728 g/mol. The zero-order chi connectivity index (χ0) is 39.0. The van der Waals surface area contributed by atoms with Crippen molar-refractivity contribution < 1.29 is 36.7 Å². The van der Waals surface area contributed by atoms with Crippen molar-refractivity contribution in [1.29, 1.82) is 0 Å². The zero-order valence-corrected chi connectivity index (χ0v) is 30.9. The molecule has 0 radical (unpaired) electrons. The summed E-state index contributed by atoms with van der Waals surface area (Å²) in [6, 6.07) is 11.8. The molecule has 3 atom stereocenters. The number of amides is 4. The number of H-pyrrole nitrogens is 1. The van der Waals surface area contributed by atoms with Crippen LogP contribution >= 0.6 is 0 Å². The summed E-state index contributed by atoms with van der Waals surface area (Å²) in [5.74, 6) is -2.52. The number of hydrogen-bond acceptors (Lipinski definition) is 6. The number of fused-ring (bicyclic) bond motifs is 5. The van der Waals surface area contributed by atoms with Crippen LogP contribution in [0.2, 0.25) is 0 Å². The van der Waals surface area contributed by atoms with E-state index in [0.29, 0.717) is 75.2 Å². The number of anilines is 1. The average molecular weight is 771 g/mol. The van der Waals surface area contributed by atoms with E-state index in [1.165, 1.54) is 21.9 Å². The predicted octanol–water partition coefficient (Wildman–Crippen LogP) is 5.96. The Morgan fingerprint density at radius 1 is 0.911 bits per heavy atom. The first-order chi connectivity index (χ1) is 26.9. The van der Waals surface area contributed by atoms with Crippen molar-refractivity contribution in [3.63, 3.8) is 0 Å². The second-order valence-electron chi connectivity index (χ2n) is 16.0. The molecule has 2 fully saturated rings. The highest BCUT2D eigenvalue weighted by atomic mass is 19.3. The van der Waals surface area contributed by atoms with E-state index in [2.05, 4.69) is 10.3 Å². The highest BCUT2D eigenvalue weighted by Crippen LogP contribution is 2.44. The molecule has 292 valence electrons. The first kappa shape index (κ1) is 36.4. The third-order valence-electron chi connectivity index (χ3n) is 12.6. The number of carbonyl (C=O) groups excluding carboxylic acids is 4. The van der Waals surface area contributed by atoms with Gasteiger partial charge in [-0.05, 0) is 85.0 Å². The second kappa shape index (κ2) is 14.1. The minimum atomic E-state index is -2.68. The third-order valence-corrected chi connectivity index (χ3v) is 12.6. The van der Waals surface area contributed by atoms with Crippen molar-refractivity contribution in [3.05, 3.63) is 99.2 Å². The Hall–Kier alpha value is -5.24. The summed E-state index contributed by atoms with van der Waals surface area (Å²) in [5.41, 5.74) is 5.55. The van der Waals surface area contributed by atoms with Gasteiger partial charge in [0.15, 0.2) is 0 Å². The molecule has 1 unspecified atom stereocenters. The van der Waals surface area contributed by atoms with Crippen molar-refractivity contribution >= 4 is 40.2 Å². The molecular formula is C42H42F4N6O4. The number of benzene rings is 3. The van der Waals surface area contributed by atoms with Gasteiger partial charge in [-0.3, -0.25) is 29.4 Å². The Morgan fingerprint density at radius 3 is 2.34 bits per heavy atom. The molecule has 56 heavy (non-hydrogen) atoms. The van der Waals surface area contributed by atoms with Gasteiger partial charge in [-0.25, -0.2) is 17.6 Å². The minimum absolute atomic E-state index is 0.00385. The lowest BCUT2D eigenvalue weighted by Crippen LogP contribution is -2.52. The number of halogens is 4. The van der Waals surface area contributed by atoms with Crippen molar-refractivity contribution in [2.75, 3.05) is 24.5 Å². The summed E-state index contributed by atoms with van der Waals surface area (Å²) in [6.45, 7) is 3.27. The zero-order valence-electron chi connectivity index (χ0n) is 30.9.